The molecule has 1 aromatic carbocycles. The van der Waals surface area contributed by atoms with E-state index >= 15 is 0 Å². The van der Waals surface area contributed by atoms with Gasteiger partial charge in [-0.1, -0.05) is 54.6 Å². The monoisotopic (exact) mass is 296 g/mol. The highest BCUT2D eigenvalue weighted by Gasteiger charge is 2.54. The topological polar surface area (TPSA) is 40.2 Å². The minimum Gasteiger partial charge on any atom is -0.353 e. The average molecular weight is 296 g/mol. The number of fused-ring (bicyclic) bond motifs is 1. The van der Waals surface area contributed by atoms with E-state index in [2.05, 4.69) is 14.5 Å². The maximum atomic E-state index is 11.6. The standard InChI is InChI=1S/C18H22N3O/c22-18(15-8-3-1-4-9-15)14-20-13-7-12-19-17(20)21(18)16-10-5-2-6-11-16/h1,3-4,7-9,12-13,16,22H,2,5-6,10-11,14H2/q+1/t18-/m1/s1. The Balaban J connectivity index is 1.80. The third-order valence-electron chi connectivity index (χ3n) is 4.98. The van der Waals surface area contributed by atoms with Crippen molar-refractivity contribution in [2.24, 2.45) is 0 Å². The van der Waals surface area contributed by atoms with Crippen LogP contribution in [0.5, 0.6) is 0 Å². The fraction of sp³-hybridized carbons (Fsp3) is 0.444. The second-order valence-corrected chi connectivity index (χ2v) is 6.39. The molecule has 114 valence electrons. The highest BCUT2D eigenvalue weighted by Crippen LogP contribution is 2.39. The zero-order chi connectivity index (χ0) is 15.0. The van der Waals surface area contributed by atoms with Gasteiger partial charge in [-0.2, -0.15) is 0 Å². The summed E-state index contributed by atoms with van der Waals surface area (Å²) in [5.41, 5.74) is -0.0453. The summed E-state index contributed by atoms with van der Waals surface area (Å²) in [6.45, 7) is 0.538. The molecular formula is C18H22N3O+. The lowest BCUT2D eigenvalue weighted by Crippen LogP contribution is -2.51. The minimum absolute atomic E-state index is 0.364. The zero-order valence-corrected chi connectivity index (χ0v) is 12.7. The molecule has 1 N–H and O–H groups in total. The van der Waals surface area contributed by atoms with E-state index < -0.39 is 5.72 Å². The van der Waals surface area contributed by atoms with E-state index in [4.69, 9.17) is 0 Å². The third kappa shape index (κ3) is 2.10. The lowest BCUT2D eigenvalue weighted by molar-refractivity contribution is -0.685. The first-order valence-corrected chi connectivity index (χ1v) is 8.21. The molecule has 1 aliphatic carbocycles. The van der Waals surface area contributed by atoms with Gasteiger partial charge in [-0.05, 0) is 12.8 Å². The average Bonchev–Trinajstić information content (AvgIpc) is 2.90. The van der Waals surface area contributed by atoms with Crippen LogP contribution in [-0.4, -0.2) is 16.1 Å². The van der Waals surface area contributed by atoms with E-state index in [1.54, 1.807) is 0 Å². The molecule has 2 aromatic rings. The molecule has 4 heteroatoms. The van der Waals surface area contributed by atoms with E-state index in [0.717, 1.165) is 24.4 Å². The summed E-state index contributed by atoms with van der Waals surface area (Å²) in [6, 6.07) is 12.3. The summed E-state index contributed by atoms with van der Waals surface area (Å²) in [7, 11) is 0. The Morgan fingerprint density at radius 3 is 2.64 bits per heavy atom. The van der Waals surface area contributed by atoms with Crippen molar-refractivity contribution in [3.05, 3.63) is 54.4 Å². The van der Waals surface area contributed by atoms with Crippen molar-refractivity contribution in [2.75, 3.05) is 4.90 Å². The minimum atomic E-state index is -0.995. The van der Waals surface area contributed by atoms with Gasteiger partial charge in [0, 0.05) is 11.6 Å². The van der Waals surface area contributed by atoms with Crippen molar-refractivity contribution in [3.8, 4) is 0 Å². The molecule has 0 radical (unpaired) electrons. The molecule has 1 atom stereocenters. The molecule has 1 aromatic heterocycles. The van der Waals surface area contributed by atoms with Gasteiger partial charge in [0.2, 0.25) is 5.72 Å². The molecule has 22 heavy (non-hydrogen) atoms. The van der Waals surface area contributed by atoms with Gasteiger partial charge in [0.05, 0.1) is 12.2 Å². The zero-order valence-electron chi connectivity index (χ0n) is 12.7. The van der Waals surface area contributed by atoms with Crippen molar-refractivity contribution in [3.63, 3.8) is 0 Å². The van der Waals surface area contributed by atoms with Crippen LogP contribution in [0.1, 0.15) is 37.7 Å². The molecule has 0 unspecified atom stereocenters. The largest absolute Gasteiger partial charge is 0.397 e. The smallest absolute Gasteiger partial charge is 0.353 e. The number of hydrogen-bond donors (Lipinski definition) is 1. The van der Waals surface area contributed by atoms with Gasteiger partial charge in [-0.25, -0.2) is 9.47 Å². The first-order chi connectivity index (χ1) is 10.8. The lowest BCUT2D eigenvalue weighted by Gasteiger charge is -2.36. The lowest BCUT2D eigenvalue weighted by atomic mass is 9.91. The Hall–Kier alpha value is -1.94. The van der Waals surface area contributed by atoms with Crippen molar-refractivity contribution >= 4 is 5.95 Å². The van der Waals surface area contributed by atoms with Crippen LogP contribution < -0.4 is 9.47 Å². The Bertz CT molecular complexity index is 654. The fourth-order valence-electron chi connectivity index (χ4n) is 3.94. The van der Waals surface area contributed by atoms with Crippen LogP contribution in [0.15, 0.2) is 48.8 Å². The number of hydrogen-bond acceptors (Lipinski definition) is 3. The summed E-state index contributed by atoms with van der Waals surface area (Å²) in [6.07, 6.45) is 9.86. The predicted molar refractivity (Wildman–Crippen MR) is 84.1 cm³/mol. The summed E-state index contributed by atoms with van der Waals surface area (Å²) < 4.78 is 2.07. The molecule has 1 aliphatic heterocycles. The van der Waals surface area contributed by atoms with Crippen molar-refractivity contribution in [2.45, 2.75) is 50.4 Å². The second-order valence-electron chi connectivity index (χ2n) is 6.39. The summed E-state index contributed by atoms with van der Waals surface area (Å²) >= 11 is 0. The third-order valence-corrected chi connectivity index (χ3v) is 4.98. The second kappa shape index (κ2) is 5.36. The first-order valence-electron chi connectivity index (χ1n) is 8.21. The van der Waals surface area contributed by atoms with Crippen molar-refractivity contribution < 1.29 is 9.67 Å². The normalized spacial score (nSPS) is 25.2. The highest BCUT2D eigenvalue weighted by atomic mass is 16.3. The number of rotatable bonds is 2. The summed E-state index contributed by atoms with van der Waals surface area (Å²) in [5, 5.41) is 11.6. The van der Waals surface area contributed by atoms with Crippen LogP contribution in [-0.2, 0) is 12.3 Å². The van der Waals surface area contributed by atoms with Gasteiger partial charge < -0.3 is 5.11 Å². The number of anilines is 1. The van der Waals surface area contributed by atoms with Crippen LogP contribution in [0, 0.1) is 0 Å². The number of nitrogens with zero attached hydrogens (tertiary/aromatic N) is 3. The van der Waals surface area contributed by atoms with Crippen molar-refractivity contribution in [1.82, 2.24) is 4.98 Å². The van der Waals surface area contributed by atoms with Crippen LogP contribution in [0.25, 0.3) is 0 Å². The van der Waals surface area contributed by atoms with Crippen LogP contribution in [0.3, 0.4) is 0 Å². The van der Waals surface area contributed by atoms with Crippen LogP contribution in [0.2, 0.25) is 0 Å². The van der Waals surface area contributed by atoms with Crippen molar-refractivity contribution in [1.29, 1.82) is 0 Å². The highest BCUT2D eigenvalue weighted by molar-refractivity contribution is 5.39. The predicted octanol–water partition coefficient (Wildman–Crippen LogP) is 2.37. The molecule has 1 saturated carbocycles. The Morgan fingerprint density at radius 2 is 1.86 bits per heavy atom. The maximum absolute atomic E-state index is 11.6. The molecular weight excluding hydrogens is 274 g/mol. The Kier molecular flexibility index (Phi) is 3.34. The molecule has 4 rings (SSSR count). The maximum Gasteiger partial charge on any atom is 0.397 e. The van der Waals surface area contributed by atoms with Crippen LogP contribution >= 0.6 is 0 Å². The van der Waals surface area contributed by atoms with E-state index in [9.17, 15) is 5.11 Å². The van der Waals surface area contributed by atoms with E-state index in [1.807, 2.05) is 48.8 Å². The molecule has 4 nitrogen and oxygen atoms in total. The molecule has 0 amide bonds. The molecule has 1 fully saturated rings. The van der Waals surface area contributed by atoms with Gasteiger partial charge in [-0.3, -0.25) is 0 Å². The van der Waals surface area contributed by atoms with Gasteiger partial charge in [0.25, 0.3) is 0 Å². The number of benzene rings is 1. The fourth-order valence-corrected chi connectivity index (χ4v) is 3.94. The Morgan fingerprint density at radius 1 is 1.09 bits per heavy atom. The van der Waals surface area contributed by atoms with Crippen LogP contribution in [0.4, 0.5) is 5.95 Å². The number of aliphatic hydroxyl groups is 1. The van der Waals surface area contributed by atoms with Gasteiger partial charge in [-0.15, -0.1) is 0 Å². The molecule has 0 saturated heterocycles. The Labute approximate surface area is 131 Å². The van der Waals surface area contributed by atoms with E-state index in [1.165, 1.54) is 19.3 Å². The quantitative estimate of drug-likeness (QED) is 0.865. The molecule has 2 heterocycles. The van der Waals surface area contributed by atoms with Gasteiger partial charge in [0.15, 0.2) is 0 Å². The molecule has 0 bridgehead atoms. The van der Waals surface area contributed by atoms with Gasteiger partial charge in [0.1, 0.15) is 12.7 Å². The number of aromatic nitrogens is 2. The first kappa shape index (κ1) is 13.7. The van der Waals surface area contributed by atoms with E-state index in [-0.39, 0.29) is 0 Å². The van der Waals surface area contributed by atoms with Gasteiger partial charge >= 0.3 is 5.95 Å². The molecule has 2 aliphatic rings. The summed E-state index contributed by atoms with van der Waals surface area (Å²) in [5.74, 6) is 0.890. The SMILES string of the molecule is O[C@@]1(c2ccccc2)C[n+]2cccnc2N1C1CCCCC1. The molecule has 0 spiro atoms. The van der Waals surface area contributed by atoms with E-state index in [0.29, 0.717) is 12.6 Å². The summed E-state index contributed by atoms with van der Waals surface area (Å²) in [4.78, 5) is 6.73.